The van der Waals surface area contributed by atoms with E-state index in [2.05, 4.69) is 22.3 Å². The molecule has 7 heteroatoms. The van der Waals surface area contributed by atoms with Gasteiger partial charge in [-0.3, -0.25) is 14.5 Å². The lowest BCUT2D eigenvalue weighted by molar-refractivity contribution is -0.163. The number of aliphatic hydroxyl groups excluding tert-OH is 1. The molecule has 166 valence electrons. The Bertz CT molecular complexity index is 730. The van der Waals surface area contributed by atoms with Gasteiger partial charge in [-0.05, 0) is 37.2 Å². The van der Waals surface area contributed by atoms with Crippen LogP contribution in [0.25, 0.3) is 0 Å². The summed E-state index contributed by atoms with van der Waals surface area (Å²) in [5, 5.41) is 13.7. The number of nitrogens with one attached hydrogen (secondary N) is 1. The van der Waals surface area contributed by atoms with Gasteiger partial charge in [-0.25, -0.2) is 0 Å². The molecule has 2 N–H and O–H groups in total. The Labute approximate surface area is 185 Å². The Morgan fingerprint density at radius 1 is 1.10 bits per heavy atom. The van der Waals surface area contributed by atoms with Gasteiger partial charge in [-0.15, -0.1) is 12.4 Å². The number of piperidine rings is 1. The smallest absolute Gasteiger partial charge is 0.248 e. The summed E-state index contributed by atoms with van der Waals surface area (Å²) >= 11 is 0. The molecule has 2 atom stereocenters. The highest BCUT2D eigenvalue weighted by Gasteiger charge is 2.54. The molecule has 0 radical (unpaired) electrons. The van der Waals surface area contributed by atoms with Crippen LogP contribution in [0.5, 0.6) is 0 Å². The molecule has 0 bridgehead atoms. The molecular formula is C23H34ClN3O3. The van der Waals surface area contributed by atoms with Gasteiger partial charge in [0.2, 0.25) is 11.8 Å². The van der Waals surface area contributed by atoms with Crippen molar-refractivity contribution in [2.75, 3.05) is 20.1 Å². The third-order valence-corrected chi connectivity index (χ3v) is 7.35. The van der Waals surface area contributed by atoms with Crippen molar-refractivity contribution in [3.8, 4) is 0 Å². The van der Waals surface area contributed by atoms with Gasteiger partial charge in [0, 0.05) is 26.7 Å². The normalized spacial score (nSPS) is 26.2. The average Bonchev–Trinajstić information content (AvgIpc) is 2.77. The second kappa shape index (κ2) is 9.67. The molecule has 3 aliphatic rings. The highest BCUT2D eigenvalue weighted by atomic mass is 35.5. The van der Waals surface area contributed by atoms with Crippen LogP contribution in [0, 0.1) is 5.92 Å². The topological polar surface area (TPSA) is 72.9 Å². The van der Waals surface area contributed by atoms with E-state index in [-0.39, 0.29) is 30.1 Å². The quantitative estimate of drug-likeness (QED) is 0.761. The number of benzene rings is 1. The van der Waals surface area contributed by atoms with Gasteiger partial charge in [-0.2, -0.15) is 0 Å². The summed E-state index contributed by atoms with van der Waals surface area (Å²) in [6.07, 6.45) is 5.71. The zero-order valence-corrected chi connectivity index (χ0v) is 18.6. The zero-order chi connectivity index (χ0) is 20.4. The van der Waals surface area contributed by atoms with Crippen LogP contribution in [0.15, 0.2) is 30.3 Å². The van der Waals surface area contributed by atoms with Gasteiger partial charge >= 0.3 is 0 Å². The summed E-state index contributed by atoms with van der Waals surface area (Å²) in [4.78, 5) is 30.3. The fourth-order valence-electron chi connectivity index (χ4n) is 5.37. The van der Waals surface area contributed by atoms with Crippen LogP contribution in [0.3, 0.4) is 0 Å². The number of likely N-dealkylation sites (tertiary alicyclic amines) is 1. The van der Waals surface area contributed by atoms with Gasteiger partial charge in [0.15, 0.2) is 0 Å². The monoisotopic (exact) mass is 435 g/mol. The molecule has 3 fully saturated rings. The fourth-order valence-corrected chi connectivity index (χ4v) is 5.37. The first kappa shape index (κ1) is 23.0. The van der Waals surface area contributed by atoms with Crippen molar-refractivity contribution in [2.45, 2.75) is 69.2 Å². The fraction of sp³-hybridized carbons (Fsp3) is 0.652. The van der Waals surface area contributed by atoms with Crippen molar-refractivity contribution < 1.29 is 14.7 Å². The number of amides is 2. The maximum atomic E-state index is 13.2. The number of hydrogen-bond donors (Lipinski definition) is 2. The van der Waals surface area contributed by atoms with E-state index in [1.54, 1.807) is 11.9 Å². The summed E-state index contributed by atoms with van der Waals surface area (Å²) in [6, 6.07) is 9.53. The zero-order valence-electron chi connectivity index (χ0n) is 17.8. The Morgan fingerprint density at radius 3 is 2.37 bits per heavy atom. The predicted molar refractivity (Wildman–Crippen MR) is 118 cm³/mol. The Balaban J connectivity index is 0.00000256. The van der Waals surface area contributed by atoms with Crippen molar-refractivity contribution >= 4 is 24.2 Å². The average molecular weight is 436 g/mol. The Hall–Kier alpha value is -1.63. The number of aliphatic hydroxyl groups is 1. The van der Waals surface area contributed by atoms with Crippen molar-refractivity contribution in [1.82, 2.24) is 15.1 Å². The van der Waals surface area contributed by atoms with Gasteiger partial charge in [0.05, 0.1) is 6.10 Å². The van der Waals surface area contributed by atoms with Crippen molar-refractivity contribution in [3.05, 3.63) is 35.9 Å². The van der Waals surface area contributed by atoms with E-state index in [4.69, 9.17) is 0 Å². The third kappa shape index (κ3) is 4.36. The van der Waals surface area contributed by atoms with E-state index in [0.717, 1.165) is 45.3 Å². The highest BCUT2D eigenvalue weighted by Crippen LogP contribution is 2.35. The molecule has 1 saturated carbocycles. The number of piperazine rings is 1. The minimum atomic E-state index is -0.802. The molecule has 1 spiro atoms. The summed E-state index contributed by atoms with van der Waals surface area (Å²) in [5.41, 5.74) is 0.476. The number of rotatable bonds is 4. The second-order valence-electron chi connectivity index (χ2n) is 9.03. The van der Waals surface area contributed by atoms with Crippen molar-refractivity contribution in [3.63, 3.8) is 0 Å². The maximum absolute atomic E-state index is 13.2. The Morgan fingerprint density at radius 2 is 1.73 bits per heavy atom. The van der Waals surface area contributed by atoms with Gasteiger partial charge in [0.1, 0.15) is 11.6 Å². The number of likely N-dealkylation sites (N-methyl/N-ethyl adjacent to an activating group) is 1. The standard InChI is InChI=1S/C23H33N3O3.ClH/c1-25-21(28)19(20(27)18-10-6-3-7-11-18)24-22(29)23(25)12-14-26(15-13-23)16-17-8-4-2-5-9-17;/h2,4-5,8-9,18-20,27H,3,6-7,10-16H2,1H3,(H,24,29);1H/t19-,20-;/m1./s1. The van der Waals surface area contributed by atoms with Crippen LogP contribution < -0.4 is 5.32 Å². The Kier molecular flexibility index (Phi) is 7.43. The largest absolute Gasteiger partial charge is 0.390 e. The lowest BCUT2D eigenvalue weighted by atomic mass is 9.78. The maximum Gasteiger partial charge on any atom is 0.248 e. The number of nitrogens with zero attached hydrogens (tertiary/aromatic N) is 2. The molecule has 4 rings (SSSR count). The van der Waals surface area contributed by atoms with E-state index in [1.165, 1.54) is 12.0 Å². The number of halogens is 1. The first-order chi connectivity index (χ1) is 14.0. The van der Waals surface area contributed by atoms with Crippen LogP contribution in [0.2, 0.25) is 0 Å². The van der Waals surface area contributed by atoms with Crippen molar-refractivity contribution in [1.29, 1.82) is 0 Å². The molecule has 1 aliphatic carbocycles. The van der Waals surface area contributed by atoms with Crippen LogP contribution in [0.1, 0.15) is 50.5 Å². The minimum Gasteiger partial charge on any atom is -0.390 e. The van der Waals surface area contributed by atoms with Gasteiger partial charge in [0.25, 0.3) is 0 Å². The van der Waals surface area contributed by atoms with Crippen molar-refractivity contribution in [2.24, 2.45) is 5.92 Å². The first-order valence-electron chi connectivity index (χ1n) is 11.0. The number of carbonyl (C=O) groups excluding carboxylic acids is 2. The van der Waals surface area contributed by atoms with E-state index < -0.39 is 17.7 Å². The summed E-state index contributed by atoms with van der Waals surface area (Å²) < 4.78 is 0. The van der Waals surface area contributed by atoms with E-state index in [0.29, 0.717) is 12.8 Å². The van der Waals surface area contributed by atoms with Gasteiger partial charge < -0.3 is 15.3 Å². The molecule has 6 nitrogen and oxygen atoms in total. The molecule has 2 aliphatic heterocycles. The lowest BCUT2D eigenvalue weighted by Crippen LogP contribution is -2.74. The molecule has 30 heavy (non-hydrogen) atoms. The van der Waals surface area contributed by atoms with Crippen LogP contribution in [-0.2, 0) is 16.1 Å². The first-order valence-corrected chi connectivity index (χ1v) is 11.0. The predicted octanol–water partition coefficient (Wildman–Crippen LogP) is 2.34. The molecule has 2 amide bonds. The number of carbonyl (C=O) groups is 2. The molecule has 2 saturated heterocycles. The summed E-state index contributed by atoms with van der Waals surface area (Å²) in [5.74, 6) is -0.133. The molecule has 1 aromatic rings. The SMILES string of the molecule is CN1C(=O)[C@@H]([C@H](O)C2CCCCC2)NC(=O)C12CCN(Cc1ccccc1)CC2.Cl. The summed E-state index contributed by atoms with van der Waals surface area (Å²) in [7, 11) is 1.74. The van der Waals surface area contributed by atoms with Crippen LogP contribution >= 0.6 is 12.4 Å². The molecule has 0 unspecified atom stereocenters. The lowest BCUT2D eigenvalue weighted by Gasteiger charge is -2.51. The highest BCUT2D eigenvalue weighted by molar-refractivity contribution is 6.00. The third-order valence-electron chi connectivity index (χ3n) is 7.35. The minimum absolute atomic E-state index is 0. The second-order valence-corrected chi connectivity index (χ2v) is 9.03. The number of hydrogen-bond acceptors (Lipinski definition) is 4. The summed E-state index contributed by atoms with van der Waals surface area (Å²) in [6.45, 7) is 2.41. The molecule has 0 aromatic heterocycles. The van der Waals surface area contributed by atoms with Gasteiger partial charge in [-0.1, -0.05) is 49.6 Å². The van der Waals surface area contributed by atoms with E-state index >= 15 is 0 Å². The molecular weight excluding hydrogens is 402 g/mol. The van der Waals surface area contributed by atoms with E-state index in [9.17, 15) is 14.7 Å². The van der Waals surface area contributed by atoms with Crippen LogP contribution in [-0.4, -0.2) is 64.5 Å². The molecule has 2 heterocycles. The van der Waals surface area contributed by atoms with E-state index in [1.807, 2.05) is 18.2 Å². The van der Waals surface area contributed by atoms with Crippen LogP contribution in [0.4, 0.5) is 0 Å². The molecule has 1 aromatic carbocycles.